The Morgan fingerprint density at radius 2 is 2.10 bits per heavy atom. The molecule has 30 heavy (non-hydrogen) atoms. The van der Waals surface area contributed by atoms with Crippen LogP contribution in [-0.2, 0) is 4.79 Å². The van der Waals surface area contributed by atoms with E-state index in [1.165, 1.54) is 0 Å². The molecule has 0 spiro atoms. The lowest BCUT2D eigenvalue weighted by Gasteiger charge is -2.34. The topological polar surface area (TPSA) is 95.9 Å². The number of pyridine rings is 1. The molecule has 156 valence electrons. The van der Waals surface area contributed by atoms with Crippen LogP contribution in [0.2, 0.25) is 0 Å². The third kappa shape index (κ3) is 4.19. The van der Waals surface area contributed by atoms with Gasteiger partial charge in [0.25, 0.3) is 5.91 Å². The highest BCUT2D eigenvalue weighted by atomic mass is 32.1. The van der Waals surface area contributed by atoms with Gasteiger partial charge >= 0.3 is 0 Å². The van der Waals surface area contributed by atoms with Crippen LogP contribution in [0.25, 0.3) is 10.7 Å². The standard InChI is InChI=1S/C20H22N6O2S2/c1-13(26-17(23-24-20(26)29)16-5-3-11-30-16)19(28)25-9-6-15(7-10-25)22-18(27)14-4-2-8-21-12-14/h2-5,8,11-13,15H,6-7,9-10H2,1H3,(H,22,27)(H,24,29). The summed E-state index contributed by atoms with van der Waals surface area (Å²) in [6.07, 6.45) is 4.60. The fraction of sp³-hybridized carbons (Fsp3) is 0.350. The van der Waals surface area contributed by atoms with Gasteiger partial charge in [-0.15, -0.1) is 11.3 Å². The Bertz CT molecular complexity index is 1070. The van der Waals surface area contributed by atoms with E-state index < -0.39 is 6.04 Å². The zero-order valence-electron chi connectivity index (χ0n) is 16.4. The molecule has 0 saturated carbocycles. The number of H-pyrrole nitrogens is 1. The van der Waals surface area contributed by atoms with Gasteiger partial charge < -0.3 is 10.2 Å². The summed E-state index contributed by atoms with van der Waals surface area (Å²) in [7, 11) is 0. The third-order valence-corrected chi connectivity index (χ3v) is 6.41. The van der Waals surface area contributed by atoms with E-state index in [0.29, 0.717) is 42.1 Å². The minimum absolute atomic E-state index is 0.00217. The zero-order valence-corrected chi connectivity index (χ0v) is 18.1. The van der Waals surface area contributed by atoms with Crippen LogP contribution in [0, 0.1) is 4.77 Å². The number of piperidine rings is 1. The van der Waals surface area contributed by atoms with Crippen molar-refractivity contribution in [3.05, 3.63) is 52.4 Å². The molecule has 1 saturated heterocycles. The minimum Gasteiger partial charge on any atom is -0.349 e. The number of carbonyl (C=O) groups is 2. The Balaban J connectivity index is 1.39. The van der Waals surface area contributed by atoms with E-state index in [2.05, 4.69) is 20.5 Å². The van der Waals surface area contributed by atoms with E-state index in [4.69, 9.17) is 12.2 Å². The smallest absolute Gasteiger partial charge is 0.253 e. The molecule has 1 fully saturated rings. The van der Waals surface area contributed by atoms with Crippen molar-refractivity contribution in [3.8, 4) is 10.7 Å². The fourth-order valence-electron chi connectivity index (χ4n) is 3.63. The average molecular weight is 443 g/mol. The van der Waals surface area contributed by atoms with Gasteiger partial charge in [0.15, 0.2) is 10.6 Å². The predicted molar refractivity (Wildman–Crippen MR) is 117 cm³/mol. The molecular formula is C20H22N6O2S2. The van der Waals surface area contributed by atoms with Crippen molar-refractivity contribution < 1.29 is 9.59 Å². The number of amides is 2. The number of nitrogens with one attached hydrogen (secondary N) is 2. The first-order chi connectivity index (χ1) is 14.5. The first-order valence-electron chi connectivity index (χ1n) is 9.75. The van der Waals surface area contributed by atoms with Gasteiger partial charge in [-0.05, 0) is 55.6 Å². The fourth-order valence-corrected chi connectivity index (χ4v) is 4.63. The monoisotopic (exact) mass is 442 g/mol. The van der Waals surface area contributed by atoms with Gasteiger partial charge in [-0.3, -0.25) is 24.2 Å². The maximum absolute atomic E-state index is 13.1. The van der Waals surface area contributed by atoms with Crippen molar-refractivity contribution in [3.63, 3.8) is 0 Å². The number of hydrogen-bond donors (Lipinski definition) is 2. The lowest BCUT2D eigenvalue weighted by atomic mass is 10.0. The number of rotatable bonds is 5. The summed E-state index contributed by atoms with van der Waals surface area (Å²) in [6.45, 7) is 3.02. The third-order valence-electron chi connectivity index (χ3n) is 5.26. The normalized spacial score (nSPS) is 15.7. The van der Waals surface area contributed by atoms with Gasteiger partial charge in [0.1, 0.15) is 6.04 Å². The van der Waals surface area contributed by atoms with Crippen LogP contribution < -0.4 is 5.32 Å². The van der Waals surface area contributed by atoms with Crippen LogP contribution >= 0.6 is 23.6 Å². The van der Waals surface area contributed by atoms with Crippen LogP contribution in [0.3, 0.4) is 0 Å². The summed E-state index contributed by atoms with van der Waals surface area (Å²) in [4.78, 5) is 32.2. The van der Waals surface area contributed by atoms with Gasteiger partial charge in [0.05, 0.1) is 10.4 Å². The molecule has 0 aromatic carbocycles. The maximum Gasteiger partial charge on any atom is 0.253 e. The molecule has 2 amide bonds. The predicted octanol–water partition coefficient (Wildman–Crippen LogP) is 3.05. The summed E-state index contributed by atoms with van der Waals surface area (Å²) in [5, 5.41) is 12.1. The minimum atomic E-state index is -0.463. The second-order valence-corrected chi connectivity index (χ2v) is 8.52. The first kappa shape index (κ1) is 20.4. The van der Waals surface area contributed by atoms with E-state index in [-0.39, 0.29) is 17.9 Å². The molecule has 1 aliphatic rings. The Kier molecular flexibility index (Phi) is 6.05. The second kappa shape index (κ2) is 8.88. The molecule has 1 unspecified atom stereocenters. The molecule has 0 bridgehead atoms. The second-order valence-electron chi connectivity index (χ2n) is 7.19. The molecule has 0 radical (unpaired) electrons. The highest BCUT2D eigenvalue weighted by molar-refractivity contribution is 7.71. The lowest BCUT2D eigenvalue weighted by molar-refractivity contribution is -0.135. The van der Waals surface area contributed by atoms with Gasteiger partial charge in [-0.25, -0.2) is 0 Å². The molecular weight excluding hydrogens is 420 g/mol. The van der Waals surface area contributed by atoms with Crippen molar-refractivity contribution in [1.82, 2.24) is 30.0 Å². The quantitative estimate of drug-likeness (QED) is 0.592. The summed E-state index contributed by atoms with van der Waals surface area (Å²) in [6, 6.07) is 6.95. The first-order valence-corrected chi connectivity index (χ1v) is 11.0. The summed E-state index contributed by atoms with van der Waals surface area (Å²) in [5.41, 5.74) is 0.542. The Morgan fingerprint density at radius 3 is 2.77 bits per heavy atom. The van der Waals surface area contributed by atoms with Crippen LogP contribution in [0.1, 0.15) is 36.2 Å². The highest BCUT2D eigenvalue weighted by Gasteiger charge is 2.29. The molecule has 3 aromatic rings. The van der Waals surface area contributed by atoms with Crippen LogP contribution in [-0.4, -0.2) is 55.6 Å². The maximum atomic E-state index is 13.1. The summed E-state index contributed by atoms with van der Waals surface area (Å²) >= 11 is 6.94. The van der Waals surface area contributed by atoms with E-state index in [1.807, 2.05) is 29.3 Å². The Morgan fingerprint density at radius 1 is 1.30 bits per heavy atom. The lowest BCUT2D eigenvalue weighted by Crippen LogP contribution is -2.48. The number of thiophene rings is 1. The molecule has 1 atom stereocenters. The van der Waals surface area contributed by atoms with Crippen LogP contribution in [0.5, 0.6) is 0 Å². The van der Waals surface area contributed by atoms with Crippen molar-refractivity contribution in [2.45, 2.75) is 31.8 Å². The highest BCUT2D eigenvalue weighted by Crippen LogP contribution is 2.27. The zero-order chi connectivity index (χ0) is 21.1. The molecule has 1 aliphatic heterocycles. The van der Waals surface area contributed by atoms with Gasteiger partial charge in [0.2, 0.25) is 5.91 Å². The van der Waals surface area contributed by atoms with Crippen LogP contribution in [0.15, 0.2) is 42.0 Å². The van der Waals surface area contributed by atoms with Gasteiger partial charge in [-0.2, -0.15) is 5.10 Å². The molecule has 8 nitrogen and oxygen atoms in total. The SMILES string of the molecule is CC(C(=O)N1CCC(NC(=O)c2cccnc2)CC1)n1c(-c2cccs2)n[nH]c1=S. The number of likely N-dealkylation sites (tertiary alicyclic amines) is 1. The number of nitrogens with zero attached hydrogens (tertiary/aromatic N) is 4. The average Bonchev–Trinajstić information content (AvgIpc) is 3.43. The van der Waals surface area contributed by atoms with Crippen molar-refractivity contribution in [2.24, 2.45) is 0 Å². The van der Waals surface area contributed by atoms with Crippen molar-refractivity contribution in [1.29, 1.82) is 0 Å². The molecule has 2 N–H and O–H groups in total. The van der Waals surface area contributed by atoms with Crippen molar-refractivity contribution >= 4 is 35.4 Å². The van der Waals surface area contributed by atoms with Crippen molar-refractivity contribution in [2.75, 3.05) is 13.1 Å². The Hall–Kier alpha value is -2.85. The number of aromatic amines is 1. The van der Waals surface area contributed by atoms with E-state index in [1.54, 1.807) is 40.4 Å². The van der Waals surface area contributed by atoms with E-state index in [0.717, 1.165) is 4.88 Å². The molecule has 3 aromatic heterocycles. The molecule has 0 aliphatic carbocycles. The van der Waals surface area contributed by atoms with Gasteiger partial charge in [-0.1, -0.05) is 6.07 Å². The summed E-state index contributed by atoms with van der Waals surface area (Å²) < 4.78 is 2.21. The summed E-state index contributed by atoms with van der Waals surface area (Å²) in [5.74, 6) is 0.545. The molecule has 4 heterocycles. The Labute approximate surface area is 183 Å². The van der Waals surface area contributed by atoms with E-state index >= 15 is 0 Å². The number of hydrogen-bond acceptors (Lipinski definition) is 6. The molecule has 10 heteroatoms. The van der Waals surface area contributed by atoms with Gasteiger partial charge in [0, 0.05) is 31.5 Å². The number of carbonyl (C=O) groups excluding carboxylic acids is 2. The molecule has 4 rings (SSSR count). The largest absolute Gasteiger partial charge is 0.349 e. The van der Waals surface area contributed by atoms with Crippen LogP contribution in [0.4, 0.5) is 0 Å². The number of aromatic nitrogens is 4. The van der Waals surface area contributed by atoms with E-state index in [9.17, 15) is 9.59 Å².